The number of unbranched alkanes of at least 4 members (excludes halogenated alkanes) is 2. The summed E-state index contributed by atoms with van der Waals surface area (Å²) in [5.41, 5.74) is 1.36. The molecule has 0 aromatic heterocycles. The quantitative estimate of drug-likeness (QED) is 0.614. The molecule has 1 aliphatic rings. The van der Waals surface area contributed by atoms with Gasteiger partial charge in [-0.05, 0) is 50.3 Å². The van der Waals surface area contributed by atoms with Gasteiger partial charge in [-0.3, -0.25) is 4.90 Å². The predicted molar refractivity (Wildman–Crippen MR) is 95.1 cm³/mol. The van der Waals surface area contributed by atoms with Crippen LogP contribution in [0.25, 0.3) is 0 Å². The van der Waals surface area contributed by atoms with Gasteiger partial charge in [0.1, 0.15) is 0 Å². The van der Waals surface area contributed by atoms with E-state index < -0.39 is 0 Å². The van der Waals surface area contributed by atoms with Crippen LogP contribution < -0.4 is 4.90 Å². The van der Waals surface area contributed by atoms with Crippen molar-refractivity contribution < 1.29 is 5.11 Å². The largest absolute Gasteiger partial charge is 0.396 e. The normalized spacial score (nSPS) is 15.8. The standard InChI is InChI=1S/C16H26N2OS.ClH/c1-20-16-7-5-6-15(14-16)18-11-9-17(10-12-18)8-3-2-4-13-19;/h5-7,14,19H,2-4,8-13H2,1H3;1H. The van der Waals surface area contributed by atoms with Gasteiger partial charge in [0.15, 0.2) is 0 Å². The van der Waals surface area contributed by atoms with E-state index in [2.05, 4.69) is 40.3 Å². The van der Waals surface area contributed by atoms with Crippen molar-refractivity contribution in [1.82, 2.24) is 4.90 Å². The van der Waals surface area contributed by atoms with Crippen LogP contribution in [0.15, 0.2) is 29.2 Å². The summed E-state index contributed by atoms with van der Waals surface area (Å²) in [4.78, 5) is 6.38. The molecule has 1 heterocycles. The SMILES string of the molecule is CSc1cccc(N2CCN(CCCCCO)CC2)c1.Cl. The number of nitrogens with zero attached hydrogens (tertiary/aromatic N) is 2. The number of aliphatic hydroxyl groups excluding tert-OH is 1. The van der Waals surface area contributed by atoms with Crippen molar-refractivity contribution in [2.75, 3.05) is 50.5 Å². The Kier molecular flexibility index (Phi) is 9.16. The second kappa shape index (κ2) is 10.3. The summed E-state index contributed by atoms with van der Waals surface area (Å²) in [6.45, 7) is 6.07. The number of aliphatic hydroxyl groups is 1. The van der Waals surface area contributed by atoms with Gasteiger partial charge in [-0.1, -0.05) is 6.07 Å². The Hall–Kier alpha value is -0.420. The molecular weight excluding hydrogens is 304 g/mol. The van der Waals surface area contributed by atoms with Crippen LogP contribution in [0.4, 0.5) is 5.69 Å². The molecule has 120 valence electrons. The third kappa shape index (κ3) is 6.07. The van der Waals surface area contributed by atoms with Crippen molar-refractivity contribution in [2.24, 2.45) is 0 Å². The third-order valence-electron chi connectivity index (χ3n) is 3.92. The topological polar surface area (TPSA) is 26.7 Å². The summed E-state index contributed by atoms with van der Waals surface area (Å²) in [7, 11) is 0. The van der Waals surface area contributed by atoms with E-state index >= 15 is 0 Å². The number of thioether (sulfide) groups is 1. The molecule has 1 saturated heterocycles. The first kappa shape index (κ1) is 18.6. The van der Waals surface area contributed by atoms with Gasteiger partial charge < -0.3 is 10.0 Å². The van der Waals surface area contributed by atoms with Crippen LogP contribution in [0.5, 0.6) is 0 Å². The second-order valence-corrected chi connectivity index (χ2v) is 6.19. The summed E-state index contributed by atoms with van der Waals surface area (Å²) in [5.74, 6) is 0. The highest BCUT2D eigenvalue weighted by Gasteiger charge is 2.16. The maximum Gasteiger partial charge on any atom is 0.0431 e. The van der Waals surface area contributed by atoms with Gasteiger partial charge >= 0.3 is 0 Å². The lowest BCUT2D eigenvalue weighted by Gasteiger charge is -2.36. The monoisotopic (exact) mass is 330 g/mol. The van der Waals surface area contributed by atoms with Crippen molar-refractivity contribution in [3.05, 3.63) is 24.3 Å². The van der Waals surface area contributed by atoms with Crippen LogP contribution in [0.2, 0.25) is 0 Å². The predicted octanol–water partition coefficient (Wildman–Crippen LogP) is 3.11. The molecule has 0 aliphatic carbocycles. The molecule has 0 radical (unpaired) electrons. The van der Waals surface area contributed by atoms with Crippen molar-refractivity contribution in [2.45, 2.75) is 24.2 Å². The Morgan fingerprint density at radius 3 is 2.52 bits per heavy atom. The van der Waals surface area contributed by atoms with E-state index in [1.165, 1.54) is 23.5 Å². The molecule has 0 bridgehead atoms. The summed E-state index contributed by atoms with van der Waals surface area (Å²) >= 11 is 1.81. The first-order valence-corrected chi connectivity index (χ1v) is 8.78. The molecule has 1 fully saturated rings. The molecule has 1 aromatic carbocycles. The fourth-order valence-electron chi connectivity index (χ4n) is 2.66. The van der Waals surface area contributed by atoms with Gasteiger partial charge in [-0.2, -0.15) is 0 Å². The lowest BCUT2D eigenvalue weighted by molar-refractivity contribution is 0.242. The number of hydrogen-bond acceptors (Lipinski definition) is 4. The summed E-state index contributed by atoms with van der Waals surface area (Å²) in [5, 5.41) is 8.78. The van der Waals surface area contributed by atoms with E-state index in [0.717, 1.165) is 39.0 Å². The van der Waals surface area contributed by atoms with E-state index in [-0.39, 0.29) is 12.4 Å². The Morgan fingerprint density at radius 2 is 1.86 bits per heavy atom. The van der Waals surface area contributed by atoms with E-state index in [1.54, 1.807) is 11.8 Å². The van der Waals surface area contributed by atoms with Crippen LogP contribution in [-0.4, -0.2) is 55.6 Å². The van der Waals surface area contributed by atoms with Gasteiger partial charge in [0.2, 0.25) is 0 Å². The number of piperazine rings is 1. The van der Waals surface area contributed by atoms with E-state index in [4.69, 9.17) is 5.11 Å². The number of anilines is 1. The maximum absolute atomic E-state index is 8.78. The number of rotatable bonds is 7. The smallest absolute Gasteiger partial charge is 0.0431 e. The molecule has 1 aliphatic heterocycles. The Balaban J connectivity index is 0.00000220. The molecule has 2 rings (SSSR count). The Morgan fingerprint density at radius 1 is 1.10 bits per heavy atom. The third-order valence-corrected chi connectivity index (χ3v) is 4.65. The molecule has 0 unspecified atom stereocenters. The summed E-state index contributed by atoms with van der Waals surface area (Å²) in [6.07, 6.45) is 5.43. The van der Waals surface area contributed by atoms with Crippen molar-refractivity contribution in [3.8, 4) is 0 Å². The molecule has 1 N–H and O–H groups in total. The fourth-order valence-corrected chi connectivity index (χ4v) is 3.11. The molecule has 1 aromatic rings. The van der Waals surface area contributed by atoms with Gasteiger partial charge in [0.25, 0.3) is 0 Å². The van der Waals surface area contributed by atoms with E-state index in [9.17, 15) is 0 Å². The molecule has 0 amide bonds. The molecule has 21 heavy (non-hydrogen) atoms. The molecule has 0 spiro atoms. The zero-order valence-electron chi connectivity index (χ0n) is 12.8. The van der Waals surface area contributed by atoms with Crippen LogP contribution in [-0.2, 0) is 0 Å². The van der Waals surface area contributed by atoms with Crippen LogP contribution >= 0.6 is 24.2 Å². The molecular formula is C16H27ClN2OS. The maximum atomic E-state index is 8.78. The average molecular weight is 331 g/mol. The lowest BCUT2D eigenvalue weighted by Crippen LogP contribution is -2.46. The highest BCUT2D eigenvalue weighted by molar-refractivity contribution is 7.98. The lowest BCUT2D eigenvalue weighted by atomic mass is 10.2. The van der Waals surface area contributed by atoms with Crippen LogP contribution in [0.3, 0.4) is 0 Å². The molecule has 3 nitrogen and oxygen atoms in total. The number of hydrogen-bond donors (Lipinski definition) is 1. The van der Waals surface area contributed by atoms with Gasteiger partial charge in [0, 0.05) is 43.4 Å². The van der Waals surface area contributed by atoms with E-state index in [1.807, 2.05) is 0 Å². The van der Waals surface area contributed by atoms with Crippen molar-refractivity contribution >= 4 is 29.9 Å². The highest BCUT2D eigenvalue weighted by atomic mass is 35.5. The Bertz CT molecular complexity index is 398. The zero-order valence-corrected chi connectivity index (χ0v) is 14.5. The molecule has 0 saturated carbocycles. The first-order valence-electron chi connectivity index (χ1n) is 7.55. The average Bonchev–Trinajstić information content (AvgIpc) is 2.52. The number of benzene rings is 1. The van der Waals surface area contributed by atoms with Crippen molar-refractivity contribution in [3.63, 3.8) is 0 Å². The summed E-state index contributed by atoms with van der Waals surface area (Å²) in [6, 6.07) is 8.84. The van der Waals surface area contributed by atoms with Gasteiger partial charge in [0.05, 0.1) is 0 Å². The van der Waals surface area contributed by atoms with Crippen molar-refractivity contribution in [1.29, 1.82) is 0 Å². The second-order valence-electron chi connectivity index (χ2n) is 5.31. The summed E-state index contributed by atoms with van der Waals surface area (Å²) < 4.78 is 0. The zero-order chi connectivity index (χ0) is 14.2. The fraction of sp³-hybridized carbons (Fsp3) is 0.625. The molecule has 5 heteroatoms. The van der Waals surface area contributed by atoms with E-state index in [0.29, 0.717) is 6.61 Å². The molecule has 0 atom stereocenters. The number of halogens is 1. The minimum absolute atomic E-state index is 0. The van der Waals surface area contributed by atoms with Crippen LogP contribution in [0.1, 0.15) is 19.3 Å². The highest BCUT2D eigenvalue weighted by Crippen LogP contribution is 2.23. The van der Waals surface area contributed by atoms with Gasteiger partial charge in [-0.25, -0.2) is 0 Å². The Labute approximate surface area is 139 Å². The minimum atomic E-state index is 0. The minimum Gasteiger partial charge on any atom is -0.396 e. The first-order chi connectivity index (χ1) is 9.83. The van der Waals surface area contributed by atoms with Gasteiger partial charge in [-0.15, -0.1) is 24.2 Å². The van der Waals surface area contributed by atoms with Crippen LogP contribution in [0, 0.1) is 0 Å².